The van der Waals surface area contributed by atoms with E-state index in [0.717, 1.165) is 17.1 Å². The average Bonchev–Trinajstić information content (AvgIpc) is 2.82. The Bertz CT molecular complexity index is 1210. The minimum atomic E-state index is -4.62. The van der Waals surface area contributed by atoms with E-state index in [2.05, 4.69) is 0 Å². The Morgan fingerprint density at radius 3 is 2.49 bits per heavy atom. The molecule has 0 fully saturated rings. The first-order chi connectivity index (χ1) is 16.5. The van der Waals surface area contributed by atoms with E-state index in [1.165, 1.54) is 30.0 Å². The fourth-order valence-corrected chi connectivity index (χ4v) is 4.85. The molecular formula is C25H22F3N3O4. The minimum Gasteiger partial charge on any atom is -0.480 e. The van der Waals surface area contributed by atoms with E-state index >= 15 is 0 Å². The van der Waals surface area contributed by atoms with Crippen molar-refractivity contribution in [1.82, 2.24) is 9.80 Å². The van der Waals surface area contributed by atoms with Crippen LogP contribution in [-0.4, -0.2) is 50.9 Å². The van der Waals surface area contributed by atoms with Crippen LogP contribution >= 0.6 is 0 Å². The molecule has 0 aromatic heterocycles. The van der Waals surface area contributed by atoms with Gasteiger partial charge in [-0.15, -0.1) is 0 Å². The van der Waals surface area contributed by atoms with Crippen molar-refractivity contribution in [2.75, 3.05) is 0 Å². The number of benzene rings is 1. The van der Waals surface area contributed by atoms with Crippen LogP contribution in [0.1, 0.15) is 49.8 Å². The van der Waals surface area contributed by atoms with Crippen LogP contribution in [0.15, 0.2) is 59.3 Å². The van der Waals surface area contributed by atoms with Gasteiger partial charge in [-0.25, -0.2) is 9.59 Å². The van der Waals surface area contributed by atoms with E-state index in [1.54, 1.807) is 12.1 Å². The summed E-state index contributed by atoms with van der Waals surface area (Å²) in [5.41, 5.74) is 0.428. The number of nitrogens with zero attached hydrogens (tertiary/aromatic N) is 3. The second-order valence-corrected chi connectivity index (χ2v) is 8.67. The van der Waals surface area contributed by atoms with Crippen LogP contribution in [0.3, 0.4) is 0 Å². The summed E-state index contributed by atoms with van der Waals surface area (Å²) in [4.78, 5) is 41.3. The van der Waals surface area contributed by atoms with Crippen molar-refractivity contribution in [3.63, 3.8) is 0 Å². The quantitative estimate of drug-likeness (QED) is 0.670. The zero-order valence-electron chi connectivity index (χ0n) is 18.7. The number of amides is 2. The summed E-state index contributed by atoms with van der Waals surface area (Å²) < 4.78 is 40.3. The lowest BCUT2D eigenvalue weighted by molar-refractivity contribution is -0.142. The number of carbonyl (C=O) groups is 3. The van der Waals surface area contributed by atoms with E-state index < -0.39 is 41.9 Å². The number of carboxylic acids is 1. The topological polar surface area (TPSA) is 102 Å². The van der Waals surface area contributed by atoms with E-state index in [1.807, 2.05) is 6.07 Å². The highest BCUT2D eigenvalue weighted by atomic mass is 19.4. The normalized spacial score (nSPS) is 23.6. The number of Topliss-reactive ketones (excluding diaryl/α,β-unsaturated/α-hetero) is 1. The van der Waals surface area contributed by atoms with Gasteiger partial charge in [0.2, 0.25) is 0 Å². The van der Waals surface area contributed by atoms with Crippen molar-refractivity contribution in [2.24, 2.45) is 0 Å². The SMILES string of the molecule is CC(C(=O)O)N1C(=O)N(C2C=C(C(F)(F)F)C=CC2)C2=C(C(=O)CCC2)C1c1ccc(C#N)cc1. The first-order valence-corrected chi connectivity index (χ1v) is 11.1. The number of allylic oxidation sites excluding steroid dienone is 3. The molecule has 1 heterocycles. The number of carbonyl (C=O) groups excluding carboxylic acids is 2. The van der Waals surface area contributed by atoms with Gasteiger partial charge in [-0.1, -0.05) is 24.3 Å². The van der Waals surface area contributed by atoms with Crippen molar-refractivity contribution >= 4 is 17.8 Å². The molecule has 3 unspecified atom stereocenters. The number of nitriles is 1. The van der Waals surface area contributed by atoms with Crippen LogP contribution in [-0.2, 0) is 9.59 Å². The molecule has 7 nitrogen and oxygen atoms in total. The molecule has 10 heteroatoms. The number of rotatable bonds is 4. The number of hydrogen-bond acceptors (Lipinski definition) is 4. The molecule has 35 heavy (non-hydrogen) atoms. The van der Waals surface area contributed by atoms with Gasteiger partial charge in [-0.3, -0.25) is 14.6 Å². The molecule has 0 bridgehead atoms. The van der Waals surface area contributed by atoms with E-state index in [-0.39, 0.29) is 24.2 Å². The molecule has 0 saturated carbocycles. The maximum absolute atomic E-state index is 13.9. The lowest BCUT2D eigenvalue weighted by Crippen LogP contribution is -2.58. The van der Waals surface area contributed by atoms with E-state index in [9.17, 15) is 32.7 Å². The predicted molar refractivity (Wildman–Crippen MR) is 118 cm³/mol. The average molecular weight is 485 g/mol. The maximum Gasteiger partial charge on any atom is 0.416 e. The minimum absolute atomic E-state index is 0.0904. The molecule has 2 aliphatic carbocycles. The Balaban J connectivity index is 1.92. The molecule has 182 valence electrons. The first-order valence-electron chi connectivity index (χ1n) is 11.1. The van der Waals surface area contributed by atoms with Crippen LogP contribution in [0.4, 0.5) is 18.0 Å². The third kappa shape index (κ3) is 4.34. The second kappa shape index (κ2) is 9.06. The largest absolute Gasteiger partial charge is 0.480 e. The van der Waals surface area contributed by atoms with Gasteiger partial charge < -0.3 is 5.11 Å². The van der Waals surface area contributed by atoms with Crippen molar-refractivity contribution in [3.05, 3.63) is 70.5 Å². The van der Waals surface area contributed by atoms with Crippen molar-refractivity contribution in [3.8, 4) is 6.07 Å². The highest BCUT2D eigenvalue weighted by Gasteiger charge is 2.49. The van der Waals surface area contributed by atoms with E-state index in [0.29, 0.717) is 29.7 Å². The monoisotopic (exact) mass is 485 g/mol. The zero-order valence-corrected chi connectivity index (χ0v) is 18.7. The van der Waals surface area contributed by atoms with Gasteiger partial charge in [0.15, 0.2) is 5.78 Å². The lowest BCUT2D eigenvalue weighted by atomic mass is 9.82. The molecule has 3 aliphatic rings. The highest BCUT2D eigenvalue weighted by molar-refractivity contribution is 6.01. The molecule has 1 N–H and O–H groups in total. The maximum atomic E-state index is 13.9. The fraction of sp³-hybridized carbons (Fsp3) is 0.360. The number of halogens is 3. The van der Waals surface area contributed by atoms with Crippen LogP contribution in [0.2, 0.25) is 0 Å². The van der Waals surface area contributed by atoms with Crippen molar-refractivity contribution < 1.29 is 32.7 Å². The number of ketones is 1. The van der Waals surface area contributed by atoms with Crippen molar-refractivity contribution in [2.45, 2.75) is 56.9 Å². The summed E-state index contributed by atoms with van der Waals surface area (Å²) in [6.45, 7) is 1.30. The summed E-state index contributed by atoms with van der Waals surface area (Å²) >= 11 is 0. The molecule has 0 spiro atoms. The molecule has 1 aliphatic heterocycles. The standard InChI is InChI=1S/C25H22F3N3O4/c1-14(23(33)34)30-22(16-10-8-15(13-29)9-11-16)21-19(6-3-7-20(21)32)31(24(30)35)18-5-2-4-17(12-18)25(26,27)28/h2,4,8-12,14,18,22H,3,5-7H2,1H3,(H,33,34). The Morgan fingerprint density at radius 1 is 1.20 bits per heavy atom. The van der Waals surface area contributed by atoms with Gasteiger partial charge in [0.25, 0.3) is 0 Å². The number of alkyl halides is 3. The van der Waals surface area contributed by atoms with Gasteiger partial charge in [0.1, 0.15) is 6.04 Å². The number of hydrogen-bond donors (Lipinski definition) is 1. The molecule has 0 radical (unpaired) electrons. The van der Waals surface area contributed by atoms with Gasteiger partial charge in [-0.2, -0.15) is 18.4 Å². The third-order valence-electron chi connectivity index (χ3n) is 6.53. The first kappa shape index (κ1) is 24.3. The Labute approximate surface area is 199 Å². The summed E-state index contributed by atoms with van der Waals surface area (Å²) in [5.74, 6) is -1.61. The van der Waals surface area contributed by atoms with Crippen LogP contribution in [0.5, 0.6) is 0 Å². The van der Waals surface area contributed by atoms with Gasteiger partial charge in [0.05, 0.1) is 29.3 Å². The second-order valence-electron chi connectivity index (χ2n) is 8.67. The molecule has 1 aromatic rings. The fourth-order valence-electron chi connectivity index (χ4n) is 4.85. The highest BCUT2D eigenvalue weighted by Crippen LogP contribution is 2.45. The van der Waals surface area contributed by atoms with Crippen LogP contribution in [0.25, 0.3) is 0 Å². The molecule has 0 saturated heterocycles. The molecule has 4 rings (SSSR count). The predicted octanol–water partition coefficient (Wildman–Crippen LogP) is 4.63. The number of aliphatic carboxylic acids is 1. The molecule has 2 amide bonds. The van der Waals surface area contributed by atoms with Crippen LogP contribution < -0.4 is 0 Å². The Kier molecular flexibility index (Phi) is 6.28. The van der Waals surface area contributed by atoms with E-state index in [4.69, 9.17) is 5.26 Å². The summed E-state index contributed by atoms with van der Waals surface area (Å²) in [7, 11) is 0. The lowest BCUT2D eigenvalue weighted by Gasteiger charge is -2.48. The van der Waals surface area contributed by atoms with Crippen molar-refractivity contribution in [1.29, 1.82) is 5.26 Å². The summed E-state index contributed by atoms with van der Waals surface area (Å²) in [5, 5.41) is 18.9. The van der Waals surface area contributed by atoms with Gasteiger partial charge in [-0.05, 0) is 50.0 Å². The summed E-state index contributed by atoms with van der Waals surface area (Å²) in [6.07, 6.45) is -0.407. The zero-order chi connectivity index (χ0) is 25.5. The smallest absolute Gasteiger partial charge is 0.416 e. The number of carboxylic acid groups (broad SMARTS) is 1. The van der Waals surface area contributed by atoms with Gasteiger partial charge in [0, 0.05) is 17.7 Å². The molecule has 1 aromatic carbocycles. The molecule has 3 atom stereocenters. The van der Waals surface area contributed by atoms with Crippen LogP contribution in [0, 0.1) is 11.3 Å². The Hall–Kier alpha value is -3.87. The molecular weight excluding hydrogens is 463 g/mol. The Morgan fingerprint density at radius 2 is 1.89 bits per heavy atom. The number of urea groups is 1. The summed E-state index contributed by atoms with van der Waals surface area (Å²) in [6, 6.07) is 3.91. The van der Waals surface area contributed by atoms with Gasteiger partial charge >= 0.3 is 18.2 Å². The third-order valence-corrected chi connectivity index (χ3v) is 6.53.